The van der Waals surface area contributed by atoms with Crippen molar-refractivity contribution in [3.63, 3.8) is 0 Å². The highest BCUT2D eigenvalue weighted by Gasteiger charge is 2.28. The highest BCUT2D eigenvalue weighted by atomic mass is 32.2. The number of ether oxygens (including phenoxy) is 1. The summed E-state index contributed by atoms with van der Waals surface area (Å²) in [6, 6.07) is 8.92. The lowest BCUT2D eigenvalue weighted by Crippen LogP contribution is -2.24. The zero-order valence-electron chi connectivity index (χ0n) is 13.7. The van der Waals surface area contributed by atoms with E-state index >= 15 is 0 Å². The Morgan fingerprint density at radius 2 is 1.81 bits per heavy atom. The Hall–Kier alpha value is -2.07. The summed E-state index contributed by atoms with van der Waals surface area (Å²) in [5, 5.41) is 2.67. The van der Waals surface area contributed by atoms with E-state index in [-0.39, 0.29) is 15.9 Å². The molecule has 1 amide bonds. The Morgan fingerprint density at radius 3 is 2.35 bits per heavy atom. The van der Waals surface area contributed by atoms with Gasteiger partial charge in [0, 0.05) is 12.8 Å². The van der Waals surface area contributed by atoms with Crippen molar-refractivity contribution in [2.75, 3.05) is 19.4 Å². The second-order valence-corrected chi connectivity index (χ2v) is 8.77. The van der Waals surface area contributed by atoms with E-state index in [1.54, 1.807) is 12.1 Å². The number of carbonyl (C=O) groups excluding carboxylic acids is 1. The number of hydrogen-bond acceptors (Lipinski definition) is 5. The molecule has 2 aromatic rings. The van der Waals surface area contributed by atoms with Crippen molar-refractivity contribution in [1.82, 2.24) is 5.32 Å². The summed E-state index contributed by atoms with van der Waals surface area (Å²) >= 11 is 0.895. The second-order valence-electron chi connectivity index (χ2n) is 5.44. The normalized spacial score (nSPS) is 12.0. The maximum absolute atomic E-state index is 12.1. The number of halogens is 3. The minimum Gasteiger partial charge on any atom is -0.484 e. The third kappa shape index (κ3) is 6.34. The van der Waals surface area contributed by atoms with Crippen LogP contribution in [0.15, 0.2) is 40.6 Å². The van der Waals surface area contributed by atoms with Crippen molar-refractivity contribution < 1.29 is 31.1 Å². The molecular formula is C16H16F3NO4S2. The minimum absolute atomic E-state index is 0.113. The number of nitrogens with one attached hydrogen (secondary N) is 1. The first-order valence-corrected chi connectivity index (χ1v) is 10.1. The van der Waals surface area contributed by atoms with Crippen LogP contribution in [-0.2, 0) is 16.3 Å². The number of hydrogen-bond donors (Lipinski definition) is 1. The molecule has 0 aliphatic heterocycles. The molecule has 2 rings (SSSR count). The first-order chi connectivity index (χ1) is 12.0. The van der Waals surface area contributed by atoms with Crippen LogP contribution in [0.2, 0.25) is 0 Å². The number of rotatable bonds is 7. The molecule has 0 fully saturated rings. The van der Waals surface area contributed by atoms with Crippen LogP contribution in [0.5, 0.6) is 5.75 Å². The van der Waals surface area contributed by atoms with Crippen molar-refractivity contribution in [2.24, 2.45) is 0 Å². The molecule has 0 saturated carbocycles. The smallest absolute Gasteiger partial charge is 0.422 e. The van der Waals surface area contributed by atoms with Gasteiger partial charge < -0.3 is 10.1 Å². The molecule has 0 bridgehead atoms. The third-order valence-electron chi connectivity index (χ3n) is 3.20. The molecule has 0 saturated heterocycles. The first-order valence-electron chi connectivity index (χ1n) is 7.41. The molecule has 1 aromatic carbocycles. The van der Waals surface area contributed by atoms with Gasteiger partial charge in [-0.25, -0.2) is 8.42 Å². The van der Waals surface area contributed by atoms with Crippen LogP contribution in [0, 0.1) is 0 Å². The predicted molar refractivity (Wildman–Crippen MR) is 91.5 cm³/mol. The van der Waals surface area contributed by atoms with Gasteiger partial charge in [-0.2, -0.15) is 13.2 Å². The summed E-state index contributed by atoms with van der Waals surface area (Å²) in [6.07, 6.45) is -2.85. The number of benzene rings is 1. The Kier molecular flexibility index (Phi) is 6.30. The number of alkyl halides is 3. The van der Waals surface area contributed by atoms with Gasteiger partial charge in [-0.3, -0.25) is 4.79 Å². The Balaban J connectivity index is 1.82. The van der Waals surface area contributed by atoms with Crippen molar-refractivity contribution in [3.05, 3.63) is 46.8 Å². The molecule has 142 valence electrons. The molecular weight excluding hydrogens is 391 g/mol. The zero-order valence-corrected chi connectivity index (χ0v) is 15.3. The number of sulfone groups is 1. The van der Waals surface area contributed by atoms with Gasteiger partial charge in [0.25, 0.3) is 5.91 Å². The van der Waals surface area contributed by atoms with Crippen molar-refractivity contribution in [1.29, 1.82) is 0 Å². The lowest BCUT2D eigenvalue weighted by atomic mass is 10.1. The van der Waals surface area contributed by atoms with Gasteiger partial charge in [-0.15, -0.1) is 11.3 Å². The Morgan fingerprint density at radius 1 is 1.15 bits per heavy atom. The first kappa shape index (κ1) is 20.2. The quantitative estimate of drug-likeness (QED) is 0.766. The van der Waals surface area contributed by atoms with Gasteiger partial charge in [0.1, 0.15) is 9.96 Å². The fourth-order valence-electron chi connectivity index (χ4n) is 1.97. The standard InChI is InChI=1S/C16H16F3NO4S2/c1-26(22,23)14-7-6-13(25-14)15(21)20-9-8-11-2-4-12(5-3-11)24-10-16(17,18)19/h2-7H,8-10H2,1H3,(H,20,21). The van der Waals surface area contributed by atoms with Crippen molar-refractivity contribution >= 4 is 27.1 Å². The van der Waals surface area contributed by atoms with Crippen molar-refractivity contribution in [3.8, 4) is 5.75 Å². The van der Waals surface area contributed by atoms with E-state index in [0.717, 1.165) is 23.2 Å². The molecule has 0 aliphatic carbocycles. The molecule has 1 aromatic heterocycles. The molecule has 5 nitrogen and oxygen atoms in total. The summed E-state index contributed by atoms with van der Waals surface area (Å²) in [6.45, 7) is -1.05. The van der Waals surface area contributed by atoms with Gasteiger partial charge in [-0.05, 0) is 36.2 Å². The SMILES string of the molecule is CS(=O)(=O)c1ccc(C(=O)NCCc2ccc(OCC(F)(F)F)cc2)s1. The van der Waals surface area contributed by atoms with Gasteiger partial charge in [0.2, 0.25) is 0 Å². The van der Waals surface area contributed by atoms with Crippen molar-refractivity contribution in [2.45, 2.75) is 16.8 Å². The number of carbonyl (C=O) groups is 1. The van der Waals surface area contributed by atoms with Crippen LogP contribution in [-0.4, -0.2) is 39.9 Å². The average Bonchev–Trinajstić information content (AvgIpc) is 3.03. The number of thiophene rings is 1. The molecule has 0 aliphatic rings. The van der Waals surface area contributed by atoms with Gasteiger partial charge in [0.05, 0.1) is 4.88 Å². The van der Waals surface area contributed by atoms with Gasteiger partial charge in [-0.1, -0.05) is 12.1 Å². The predicted octanol–water partition coefficient (Wildman–Crippen LogP) is 3.07. The summed E-state index contributed by atoms with van der Waals surface area (Å²) in [7, 11) is -3.34. The van der Waals surface area contributed by atoms with Crippen LogP contribution in [0.3, 0.4) is 0 Å². The van der Waals surface area contributed by atoms with E-state index in [1.807, 2.05) is 0 Å². The van der Waals surface area contributed by atoms with E-state index in [2.05, 4.69) is 10.1 Å². The van der Waals surface area contributed by atoms with E-state index < -0.39 is 22.6 Å². The van der Waals surface area contributed by atoms with E-state index in [1.165, 1.54) is 24.3 Å². The highest BCUT2D eigenvalue weighted by molar-refractivity contribution is 7.92. The lowest BCUT2D eigenvalue weighted by Gasteiger charge is -2.09. The van der Waals surface area contributed by atoms with Gasteiger partial charge in [0.15, 0.2) is 16.4 Å². The van der Waals surface area contributed by atoms with Crippen LogP contribution >= 0.6 is 11.3 Å². The monoisotopic (exact) mass is 407 g/mol. The highest BCUT2D eigenvalue weighted by Crippen LogP contribution is 2.21. The molecule has 0 spiro atoms. The summed E-state index contributed by atoms with van der Waals surface area (Å²) in [5.41, 5.74) is 0.813. The summed E-state index contributed by atoms with van der Waals surface area (Å²) in [5.74, 6) is -0.267. The largest absolute Gasteiger partial charge is 0.484 e. The third-order valence-corrected chi connectivity index (χ3v) is 6.10. The second kappa shape index (κ2) is 8.09. The molecule has 1 N–H and O–H groups in total. The van der Waals surface area contributed by atoms with Crippen LogP contribution in [0.4, 0.5) is 13.2 Å². The van der Waals surface area contributed by atoms with Crippen LogP contribution in [0.1, 0.15) is 15.2 Å². The van der Waals surface area contributed by atoms with E-state index in [4.69, 9.17) is 0 Å². The van der Waals surface area contributed by atoms with Gasteiger partial charge >= 0.3 is 6.18 Å². The van der Waals surface area contributed by atoms with Crippen LogP contribution in [0.25, 0.3) is 0 Å². The molecule has 0 radical (unpaired) electrons. The average molecular weight is 407 g/mol. The topological polar surface area (TPSA) is 72.5 Å². The molecule has 26 heavy (non-hydrogen) atoms. The zero-order chi connectivity index (χ0) is 19.4. The maximum Gasteiger partial charge on any atom is 0.422 e. The number of amides is 1. The Bertz CT molecular complexity index is 858. The fraction of sp³-hybridized carbons (Fsp3) is 0.312. The summed E-state index contributed by atoms with van der Waals surface area (Å²) in [4.78, 5) is 12.3. The molecule has 1 heterocycles. The van der Waals surface area contributed by atoms with E-state index in [0.29, 0.717) is 17.8 Å². The fourth-order valence-corrected chi connectivity index (χ4v) is 3.81. The molecule has 0 unspecified atom stereocenters. The molecule has 0 atom stereocenters. The lowest BCUT2D eigenvalue weighted by molar-refractivity contribution is -0.153. The van der Waals surface area contributed by atoms with Crippen LogP contribution < -0.4 is 10.1 Å². The minimum atomic E-state index is -4.39. The summed E-state index contributed by atoms with van der Waals surface area (Å²) < 4.78 is 63.8. The maximum atomic E-state index is 12.1. The Labute approximate surface area is 152 Å². The van der Waals surface area contributed by atoms with E-state index in [9.17, 15) is 26.4 Å². The molecule has 10 heteroatoms.